The third-order valence-electron chi connectivity index (χ3n) is 3.90. The van der Waals surface area contributed by atoms with E-state index in [0.717, 1.165) is 10.5 Å². The van der Waals surface area contributed by atoms with Crippen LogP contribution in [0.5, 0.6) is 0 Å². The van der Waals surface area contributed by atoms with Crippen LogP contribution in [0, 0.1) is 0 Å². The third kappa shape index (κ3) is 2.45. The number of imide groups is 1. The van der Waals surface area contributed by atoms with Crippen molar-refractivity contribution in [1.82, 2.24) is 5.32 Å². The number of carbonyl (C=O) groups excluding carboxylic acids is 3. The van der Waals surface area contributed by atoms with Gasteiger partial charge >= 0.3 is 12.0 Å². The van der Waals surface area contributed by atoms with Crippen molar-refractivity contribution in [2.24, 2.45) is 0 Å². The summed E-state index contributed by atoms with van der Waals surface area (Å²) in [4.78, 5) is 37.1. The quantitative estimate of drug-likeness (QED) is 0.684. The van der Waals surface area contributed by atoms with Crippen LogP contribution < -0.4 is 10.2 Å². The third-order valence-corrected chi connectivity index (χ3v) is 3.90. The van der Waals surface area contributed by atoms with Gasteiger partial charge in [-0.05, 0) is 45.4 Å². The molecule has 1 fully saturated rings. The fraction of sp³-hybridized carbons (Fsp3) is 0.438. The SMILES string of the molecule is COC(=O)C(C)(C)c1ccc(N2C(=O)NC(C)(C)C2=O)cc1. The molecule has 0 aromatic heterocycles. The second kappa shape index (κ2) is 5.12. The zero-order valence-corrected chi connectivity index (χ0v) is 13.4. The van der Waals surface area contributed by atoms with Gasteiger partial charge in [0.25, 0.3) is 5.91 Å². The Morgan fingerprint density at radius 3 is 2.14 bits per heavy atom. The van der Waals surface area contributed by atoms with Gasteiger partial charge in [-0.15, -0.1) is 0 Å². The van der Waals surface area contributed by atoms with E-state index in [1.807, 2.05) is 0 Å². The first-order valence-corrected chi connectivity index (χ1v) is 6.97. The average Bonchev–Trinajstić information content (AvgIpc) is 2.66. The fourth-order valence-electron chi connectivity index (χ4n) is 2.38. The lowest BCUT2D eigenvalue weighted by molar-refractivity contribution is -0.146. The molecule has 1 saturated heterocycles. The second-order valence-corrected chi connectivity index (χ2v) is 6.36. The van der Waals surface area contributed by atoms with Crippen LogP contribution >= 0.6 is 0 Å². The van der Waals surface area contributed by atoms with Crippen LogP contribution in [0.2, 0.25) is 0 Å². The van der Waals surface area contributed by atoms with Crippen molar-refractivity contribution in [2.45, 2.75) is 38.6 Å². The molecule has 1 aromatic carbocycles. The van der Waals surface area contributed by atoms with E-state index in [2.05, 4.69) is 5.32 Å². The summed E-state index contributed by atoms with van der Waals surface area (Å²) in [5, 5.41) is 2.63. The zero-order valence-electron chi connectivity index (χ0n) is 13.4. The molecule has 0 unspecified atom stereocenters. The first-order valence-electron chi connectivity index (χ1n) is 6.97. The number of hydrogen-bond donors (Lipinski definition) is 1. The van der Waals surface area contributed by atoms with Crippen molar-refractivity contribution in [1.29, 1.82) is 0 Å². The number of rotatable bonds is 3. The van der Waals surface area contributed by atoms with Gasteiger partial charge < -0.3 is 10.1 Å². The zero-order chi connectivity index (χ0) is 16.7. The van der Waals surface area contributed by atoms with Crippen LogP contribution in [-0.4, -0.2) is 30.6 Å². The van der Waals surface area contributed by atoms with Crippen LogP contribution in [0.3, 0.4) is 0 Å². The first kappa shape index (κ1) is 16.0. The molecular formula is C16H20N2O4. The number of nitrogens with zero attached hydrogens (tertiary/aromatic N) is 1. The summed E-state index contributed by atoms with van der Waals surface area (Å²) in [6.07, 6.45) is 0. The average molecular weight is 304 g/mol. The molecule has 6 nitrogen and oxygen atoms in total. The number of hydrogen-bond acceptors (Lipinski definition) is 4. The number of nitrogens with one attached hydrogen (secondary N) is 1. The van der Waals surface area contributed by atoms with Gasteiger partial charge in [-0.3, -0.25) is 9.59 Å². The predicted octanol–water partition coefficient (Wildman–Crippen LogP) is 1.97. The molecule has 6 heteroatoms. The van der Waals surface area contributed by atoms with Gasteiger partial charge in [-0.2, -0.15) is 0 Å². The number of anilines is 1. The van der Waals surface area contributed by atoms with Crippen molar-refractivity contribution in [3.63, 3.8) is 0 Å². The minimum atomic E-state index is -0.916. The predicted molar refractivity (Wildman–Crippen MR) is 81.6 cm³/mol. The van der Waals surface area contributed by atoms with Crippen molar-refractivity contribution in [3.8, 4) is 0 Å². The standard InChI is InChI=1S/C16H20N2O4/c1-15(2,13(20)22-5)10-6-8-11(9-7-10)18-12(19)16(3,4)17-14(18)21/h6-9H,1-5H3,(H,17,21). The normalized spacial score (nSPS) is 17.4. The molecule has 0 radical (unpaired) electrons. The van der Waals surface area contributed by atoms with E-state index >= 15 is 0 Å². The summed E-state index contributed by atoms with van der Waals surface area (Å²) in [5.41, 5.74) is -0.503. The minimum absolute atomic E-state index is 0.308. The maximum atomic E-state index is 12.2. The molecule has 118 valence electrons. The lowest BCUT2D eigenvalue weighted by atomic mass is 9.84. The van der Waals surface area contributed by atoms with Gasteiger partial charge in [-0.25, -0.2) is 9.69 Å². The van der Waals surface area contributed by atoms with Crippen molar-refractivity contribution in [3.05, 3.63) is 29.8 Å². The maximum absolute atomic E-state index is 12.2. The Kier molecular flexibility index (Phi) is 3.73. The van der Waals surface area contributed by atoms with Gasteiger partial charge in [0, 0.05) is 0 Å². The van der Waals surface area contributed by atoms with E-state index in [4.69, 9.17) is 4.74 Å². The number of urea groups is 1. The molecule has 1 aromatic rings. The molecule has 1 heterocycles. The molecule has 1 N–H and O–H groups in total. The van der Waals surface area contributed by atoms with Gasteiger partial charge in [0.2, 0.25) is 0 Å². The van der Waals surface area contributed by atoms with E-state index in [-0.39, 0.29) is 11.9 Å². The Bertz CT molecular complexity index is 632. The Hall–Kier alpha value is -2.37. The highest BCUT2D eigenvalue weighted by molar-refractivity contribution is 6.23. The number of benzene rings is 1. The second-order valence-electron chi connectivity index (χ2n) is 6.36. The molecule has 0 bridgehead atoms. The number of carbonyl (C=O) groups is 3. The molecule has 0 spiro atoms. The van der Waals surface area contributed by atoms with Crippen LogP contribution in [0.4, 0.5) is 10.5 Å². The van der Waals surface area contributed by atoms with Crippen LogP contribution in [0.15, 0.2) is 24.3 Å². The van der Waals surface area contributed by atoms with Gasteiger partial charge in [0.15, 0.2) is 0 Å². The maximum Gasteiger partial charge on any atom is 0.329 e. The molecule has 3 amide bonds. The summed E-state index contributed by atoms with van der Waals surface area (Å²) >= 11 is 0. The highest BCUT2D eigenvalue weighted by atomic mass is 16.5. The Balaban J connectivity index is 2.32. The molecule has 0 aliphatic carbocycles. The van der Waals surface area contributed by atoms with E-state index in [1.165, 1.54) is 7.11 Å². The van der Waals surface area contributed by atoms with Crippen LogP contribution in [0.1, 0.15) is 33.3 Å². The molecule has 1 aliphatic heterocycles. The number of esters is 1. The van der Waals surface area contributed by atoms with Crippen LogP contribution in [-0.2, 0) is 19.7 Å². The van der Waals surface area contributed by atoms with Crippen molar-refractivity contribution < 1.29 is 19.1 Å². The number of ether oxygens (including phenoxy) is 1. The molecule has 0 atom stereocenters. The topological polar surface area (TPSA) is 75.7 Å². The summed E-state index contributed by atoms with van der Waals surface area (Å²) < 4.78 is 4.79. The smallest absolute Gasteiger partial charge is 0.329 e. The monoisotopic (exact) mass is 304 g/mol. The fourth-order valence-corrected chi connectivity index (χ4v) is 2.38. The van der Waals surface area contributed by atoms with Crippen LogP contribution in [0.25, 0.3) is 0 Å². The summed E-state index contributed by atoms with van der Waals surface area (Å²) in [7, 11) is 1.34. The number of amides is 3. The Labute approximate surface area is 129 Å². The van der Waals surface area contributed by atoms with E-state index < -0.39 is 17.0 Å². The van der Waals surface area contributed by atoms with E-state index in [9.17, 15) is 14.4 Å². The lowest BCUT2D eigenvalue weighted by Gasteiger charge is -2.23. The molecular weight excluding hydrogens is 284 g/mol. The van der Waals surface area contributed by atoms with Crippen molar-refractivity contribution in [2.75, 3.05) is 12.0 Å². The first-order chi connectivity index (χ1) is 10.1. The summed E-state index contributed by atoms with van der Waals surface area (Å²) in [6.45, 7) is 6.82. The largest absolute Gasteiger partial charge is 0.468 e. The molecule has 0 saturated carbocycles. The lowest BCUT2D eigenvalue weighted by Crippen LogP contribution is -2.40. The van der Waals surface area contributed by atoms with Crippen molar-refractivity contribution >= 4 is 23.6 Å². The minimum Gasteiger partial charge on any atom is -0.468 e. The molecule has 1 aliphatic rings. The van der Waals surface area contributed by atoms with E-state index in [0.29, 0.717) is 5.69 Å². The summed E-state index contributed by atoms with van der Waals surface area (Å²) in [6, 6.07) is 6.30. The van der Waals surface area contributed by atoms with Gasteiger partial charge in [0.05, 0.1) is 18.2 Å². The Morgan fingerprint density at radius 1 is 1.18 bits per heavy atom. The number of methoxy groups -OCH3 is 1. The Morgan fingerprint density at radius 2 is 1.73 bits per heavy atom. The molecule has 2 rings (SSSR count). The highest BCUT2D eigenvalue weighted by Crippen LogP contribution is 2.29. The summed E-state index contributed by atoms with van der Waals surface area (Å²) in [5.74, 6) is -0.658. The van der Waals surface area contributed by atoms with E-state index in [1.54, 1.807) is 52.0 Å². The highest BCUT2D eigenvalue weighted by Gasteiger charge is 2.45. The van der Waals surface area contributed by atoms with Gasteiger partial charge in [0.1, 0.15) is 5.54 Å². The molecule has 22 heavy (non-hydrogen) atoms. The van der Waals surface area contributed by atoms with Gasteiger partial charge in [-0.1, -0.05) is 12.1 Å².